The predicted molar refractivity (Wildman–Crippen MR) is 138 cm³/mol. The molecule has 6 atom stereocenters. The van der Waals surface area contributed by atoms with Gasteiger partial charge in [0.25, 0.3) is 0 Å². The molecule has 0 radical (unpaired) electrons. The molecule has 1 saturated carbocycles. The number of benzene rings is 3. The highest BCUT2D eigenvalue weighted by Gasteiger charge is 2.69. The van der Waals surface area contributed by atoms with Gasteiger partial charge < -0.3 is 34.6 Å². The first-order chi connectivity index (χ1) is 17.8. The van der Waals surface area contributed by atoms with Gasteiger partial charge in [-0.25, -0.2) is 0 Å². The minimum Gasteiger partial charge on any atom is -0.394 e. The van der Waals surface area contributed by atoms with Crippen molar-refractivity contribution in [3.8, 4) is 0 Å². The van der Waals surface area contributed by atoms with Gasteiger partial charge in [-0.3, -0.25) is 0 Å². The number of hydrogen-bond donors (Lipinski definition) is 4. The maximum atomic E-state index is 12.0. The topological polar surface area (TPSA) is 109 Å². The van der Waals surface area contributed by atoms with Crippen molar-refractivity contribution in [1.82, 2.24) is 0 Å². The normalized spacial score (nSPS) is 28.3. The van der Waals surface area contributed by atoms with Crippen LogP contribution in [-0.2, 0) is 34.0 Å². The van der Waals surface area contributed by atoms with Crippen molar-refractivity contribution in [2.45, 2.75) is 68.8 Å². The fourth-order valence-corrected chi connectivity index (χ4v) is 4.98. The average molecular weight is 509 g/mol. The summed E-state index contributed by atoms with van der Waals surface area (Å²) in [5.41, 5.74) is -1.17. The molecule has 0 amide bonds. The van der Waals surface area contributed by atoms with Crippen LogP contribution >= 0.6 is 0 Å². The quantitative estimate of drug-likeness (QED) is 0.298. The largest absolute Gasteiger partial charge is 0.394 e. The second-order valence-electron chi connectivity index (χ2n) is 9.81. The van der Waals surface area contributed by atoms with E-state index in [1.807, 2.05) is 91.0 Å². The molecule has 4 rings (SSSR count). The highest BCUT2D eigenvalue weighted by molar-refractivity contribution is 5.22. The van der Waals surface area contributed by atoms with Crippen LogP contribution in [0.3, 0.4) is 0 Å². The van der Waals surface area contributed by atoms with Gasteiger partial charge in [0.15, 0.2) is 0 Å². The molecule has 1 aliphatic rings. The van der Waals surface area contributed by atoms with Crippen LogP contribution in [0.15, 0.2) is 91.0 Å². The van der Waals surface area contributed by atoms with Gasteiger partial charge in [-0.15, -0.1) is 0 Å². The summed E-state index contributed by atoms with van der Waals surface area (Å²) in [4.78, 5) is 0. The van der Waals surface area contributed by atoms with E-state index in [1.165, 1.54) is 6.92 Å². The molecule has 37 heavy (non-hydrogen) atoms. The molecule has 3 aromatic carbocycles. The van der Waals surface area contributed by atoms with Gasteiger partial charge in [0.05, 0.1) is 32.5 Å². The molecule has 0 aliphatic heterocycles. The van der Waals surface area contributed by atoms with Gasteiger partial charge >= 0.3 is 0 Å². The second kappa shape index (κ2) is 12.3. The lowest BCUT2D eigenvalue weighted by atomic mass is 9.81. The summed E-state index contributed by atoms with van der Waals surface area (Å²) in [6.45, 7) is 1.43. The third-order valence-corrected chi connectivity index (χ3v) is 7.09. The van der Waals surface area contributed by atoms with Crippen molar-refractivity contribution in [3.05, 3.63) is 108 Å². The Labute approximate surface area is 217 Å². The summed E-state index contributed by atoms with van der Waals surface area (Å²) in [7, 11) is 0. The maximum Gasteiger partial charge on any atom is 0.127 e. The van der Waals surface area contributed by atoms with Gasteiger partial charge in [-0.1, -0.05) is 91.0 Å². The Hall–Kier alpha value is -2.62. The van der Waals surface area contributed by atoms with Crippen molar-refractivity contribution in [2.24, 2.45) is 0 Å². The molecule has 0 saturated heterocycles. The number of aliphatic hydroxyl groups excluding tert-OH is 2. The van der Waals surface area contributed by atoms with Crippen LogP contribution in [0.4, 0.5) is 0 Å². The summed E-state index contributed by atoms with van der Waals surface area (Å²) < 4.78 is 18.8. The number of ether oxygens (including phenoxy) is 3. The molecule has 7 nitrogen and oxygen atoms in total. The molecule has 0 heterocycles. The van der Waals surface area contributed by atoms with Crippen molar-refractivity contribution in [3.63, 3.8) is 0 Å². The first-order valence-electron chi connectivity index (χ1n) is 12.6. The lowest BCUT2D eigenvalue weighted by Gasteiger charge is -2.41. The van der Waals surface area contributed by atoms with Crippen LogP contribution in [-0.4, -0.2) is 62.7 Å². The Morgan fingerprint density at radius 2 is 1.08 bits per heavy atom. The fraction of sp³-hybridized carbons (Fsp3) is 0.400. The number of aliphatic hydroxyl groups is 4. The van der Waals surface area contributed by atoms with Gasteiger partial charge in [0.1, 0.15) is 29.5 Å². The molecule has 1 aliphatic carbocycles. The van der Waals surface area contributed by atoms with E-state index >= 15 is 0 Å². The average Bonchev–Trinajstić information content (AvgIpc) is 3.07. The summed E-state index contributed by atoms with van der Waals surface area (Å²) >= 11 is 0. The maximum absolute atomic E-state index is 12.0. The zero-order valence-corrected chi connectivity index (χ0v) is 21.0. The van der Waals surface area contributed by atoms with E-state index in [-0.39, 0.29) is 26.2 Å². The summed E-state index contributed by atoms with van der Waals surface area (Å²) in [5.74, 6) is 0. The standard InChI is InChI=1S/C30H36O7/c1-29(33)27(36-20-23-13-7-3-8-14-23)26(35-19-22-11-5-2-6-12-22)28(30(29,34)17-25(32)18-31)37-21-24-15-9-4-10-16-24/h2-16,25-28,31-34H,17-21H2,1H3/t25-,26+,27+,28-,29-,30-/m0/s1. The lowest BCUT2D eigenvalue weighted by Crippen LogP contribution is -2.59. The Bertz CT molecular complexity index is 1080. The number of hydrogen-bond acceptors (Lipinski definition) is 7. The molecule has 0 bridgehead atoms. The smallest absolute Gasteiger partial charge is 0.127 e. The van der Waals surface area contributed by atoms with Crippen molar-refractivity contribution in [2.75, 3.05) is 6.61 Å². The van der Waals surface area contributed by atoms with E-state index in [1.54, 1.807) is 0 Å². The molecule has 198 valence electrons. The van der Waals surface area contributed by atoms with Crippen molar-refractivity contribution >= 4 is 0 Å². The van der Waals surface area contributed by atoms with Gasteiger partial charge in [-0.05, 0) is 23.6 Å². The highest BCUT2D eigenvalue weighted by Crippen LogP contribution is 2.47. The molecular formula is C30H36O7. The summed E-state index contributed by atoms with van der Waals surface area (Å²) in [6.07, 6.45) is -4.53. The first kappa shape index (κ1) is 27.4. The molecule has 0 aromatic heterocycles. The number of rotatable bonds is 12. The third-order valence-electron chi connectivity index (χ3n) is 7.09. The third kappa shape index (κ3) is 6.27. The minimum atomic E-state index is -1.98. The molecule has 1 fully saturated rings. The second-order valence-corrected chi connectivity index (χ2v) is 9.81. The zero-order valence-electron chi connectivity index (χ0n) is 21.0. The van der Waals surface area contributed by atoms with Crippen LogP contribution in [0.1, 0.15) is 30.0 Å². The molecule has 0 unspecified atom stereocenters. The molecular weight excluding hydrogens is 472 g/mol. The molecule has 7 heteroatoms. The Balaban J connectivity index is 1.67. The van der Waals surface area contributed by atoms with E-state index in [0.717, 1.165) is 16.7 Å². The van der Waals surface area contributed by atoms with Crippen LogP contribution in [0, 0.1) is 0 Å². The van der Waals surface area contributed by atoms with Gasteiger partial charge in [0, 0.05) is 6.42 Å². The summed E-state index contributed by atoms with van der Waals surface area (Å²) in [5, 5.41) is 43.7. The fourth-order valence-electron chi connectivity index (χ4n) is 4.98. The van der Waals surface area contributed by atoms with Crippen molar-refractivity contribution < 1.29 is 34.6 Å². The first-order valence-corrected chi connectivity index (χ1v) is 12.6. The van der Waals surface area contributed by atoms with E-state index in [2.05, 4.69) is 0 Å². The SMILES string of the molecule is C[C@]1(O)[C@H](OCc2ccccc2)[C@@H](OCc2ccccc2)[C@H](OCc2ccccc2)[C@@]1(O)C[C@H](O)CO. The predicted octanol–water partition coefficient (Wildman–Crippen LogP) is 2.98. The van der Waals surface area contributed by atoms with E-state index in [4.69, 9.17) is 14.2 Å². The van der Waals surface area contributed by atoms with Gasteiger partial charge in [-0.2, -0.15) is 0 Å². The molecule has 3 aromatic rings. The van der Waals surface area contributed by atoms with Crippen LogP contribution in [0.25, 0.3) is 0 Å². The van der Waals surface area contributed by atoms with Crippen molar-refractivity contribution in [1.29, 1.82) is 0 Å². The Morgan fingerprint density at radius 1 is 0.676 bits per heavy atom. The van der Waals surface area contributed by atoms with Gasteiger partial charge in [0.2, 0.25) is 0 Å². The molecule has 4 N–H and O–H groups in total. The van der Waals surface area contributed by atoms with Crippen LogP contribution in [0.5, 0.6) is 0 Å². The lowest BCUT2D eigenvalue weighted by molar-refractivity contribution is -0.214. The van der Waals surface area contributed by atoms with E-state index in [0.29, 0.717) is 0 Å². The summed E-state index contributed by atoms with van der Waals surface area (Å²) in [6, 6.07) is 28.6. The Morgan fingerprint density at radius 3 is 1.51 bits per heavy atom. The van der Waals surface area contributed by atoms with E-state index in [9.17, 15) is 20.4 Å². The monoisotopic (exact) mass is 508 g/mol. The Kier molecular flexibility index (Phi) is 9.10. The minimum absolute atomic E-state index is 0.149. The molecule has 0 spiro atoms. The van der Waals surface area contributed by atoms with Crippen LogP contribution < -0.4 is 0 Å². The van der Waals surface area contributed by atoms with Crippen LogP contribution in [0.2, 0.25) is 0 Å². The highest BCUT2D eigenvalue weighted by atomic mass is 16.6. The zero-order chi connectivity index (χ0) is 26.3. The van der Waals surface area contributed by atoms with E-state index < -0.39 is 42.2 Å².